The van der Waals surface area contributed by atoms with Crippen LogP contribution in [0.2, 0.25) is 0 Å². The van der Waals surface area contributed by atoms with Crippen LogP contribution in [0.25, 0.3) is 0 Å². The molecule has 16 heavy (non-hydrogen) atoms. The molecule has 2 rings (SSSR count). The lowest BCUT2D eigenvalue weighted by atomic mass is 10.1. The Morgan fingerprint density at radius 3 is 2.31 bits per heavy atom. The fourth-order valence-electron chi connectivity index (χ4n) is 1.55. The van der Waals surface area contributed by atoms with Gasteiger partial charge in [0.2, 0.25) is 0 Å². The fraction of sp³-hybridized carbons (Fsp3) is 0.727. The molecule has 0 atom stereocenters. The number of aromatic nitrogens is 1. The Balaban J connectivity index is 0.000000606. The molecule has 5 heteroatoms. The van der Waals surface area contributed by atoms with Gasteiger partial charge in [-0.05, 0) is 6.92 Å². The number of alkyl halides is 2. The van der Waals surface area contributed by atoms with E-state index >= 15 is 0 Å². The molecule has 1 aromatic heterocycles. The number of halogens is 2. The van der Waals surface area contributed by atoms with E-state index in [9.17, 15) is 8.78 Å². The van der Waals surface area contributed by atoms with E-state index in [-0.39, 0.29) is 12.8 Å². The van der Waals surface area contributed by atoms with Crippen LogP contribution in [-0.2, 0) is 0 Å². The Kier molecular flexibility index (Phi) is 4.65. The molecular formula is C11H18F2N2S. The van der Waals surface area contributed by atoms with Gasteiger partial charge in [0.15, 0.2) is 0 Å². The van der Waals surface area contributed by atoms with Crippen molar-refractivity contribution in [3.63, 3.8) is 0 Å². The largest absolute Gasteiger partial charge is 0.362 e. The quantitative estimate of drug-likeness (QED) is 0.753. The molecule has 0 aromatic carbocycles. The lowest BCUT2D eigenvalue weighted by molar-refractivity contribution is -0.0219. The lowest BCUT2D eigenvalue weighted by Gasteiger charge is -2.31. The number of hydrogen-bond acceptors (Lipinski definition) is 3. The first-order chi connectivity index (χ1) is 7.57. The third-order valence-corrected chi connectivity index (χ3v) is 3.39. The summed E-state index contributed by atoms with van der Waals surface area (Å²) in [6.07, 6.45) is 1.69. The number of anilines is 1. The van der Waals surface area contributed by atoms with E-state index in [1.54, 1.807) is 17.5 Å². The maximum absolute atomic E-state index is 12.9. The first-order valence-corrected chi connectivity index (χ1v) is 6.44. The molecular weight excluding hydrogens is 230 g/mol. The molecule has 0 unspecified atom stereocenters. The van der Waals surface area contributed by atoms with Gasteiger partial charge in [-0.1, -0.05) is 13.8 Å². The van der Waals surface area contributed by atoms with Gasteiger partial charge in [-0.25, -0.2) is 13.8 Å². The normalized spacial score (nSPS) is 18.9. The van der Waals surface area contributed by atoms with Crippen molar-refractivity contribution in [2.75, 3.05) is 18.0 Å². The fourth-order valence-corrected chi connectivity index (χ4v) is 2.38. The number of hydrogen-bond donors (Lipinski definition) is 0. The van der Waals surface area contributed by atoms with E-state index in [1.807, 2.05) is 25.7 Å². The van der Waals surface area contributed by atoms with E-state index in [2.05, 4.69) is 4.98 Å². The number of rotatable bonds is 1. The summed E-state index contributed by atoms with van der Waals surface area (Å²) in [4.78, 5) is 6.11. The minimum Gasteiger partial charge on any atom is -0.362 e. The molecule has 92 valence electrons. The van der Waals surface area contributed by atoms with Gasteiger partial charge in [-0.15, -0.1) is 11.3 Å². The molecule has 1 aromatic rings. The topological polar surface area (TPSA) is 16.1 Å². The van der Waals surface area contributed by atoms with Gasteiger partial charge in [-0.2, -0.15) is 0 Å². The van der Waals surface area contributed by atoms with Crippen LogP contribution in [-0.4, -0.2) is 24.0 Å². The van der Waals surface area contributed by atoms with Crippen molar-refractivity contribution in [3.05, 3.63) is 11.2 Å². The molecule has 1 aliphatic heterocycles. The Hall–Kier alpha value is -0.710. The molecule has 2 nitrogen and oxygen atoms in total. The first kappa shape index (κ1) is 13.4. The third kappa shape index (κ3) is 3.40. The van der Waals surface area contributed by atoms with Crippen molar-refractivity contribution < 1.29 is 8.78 Å². The zero-order valence-electron chi connectivity index (χ0n) is 9.96. The van der Waals surface area contributed by atoms with Crippen molar-refractivity contribution in [2.24, 2.45) is 0 Å². The maximum Gasteiger partial charge on any atom is 0.251 e. The van der Waals surface area contributed by atoms with Crippen LogP contribution >= 0.6 is 11.3 Å². The number of thiazole rings is 1. The summed E-state index contributed by atoms with van der Waals surface area (Å²) < 4.78 is 25.7. The molecule has 0 saturated carbocycles. The average Bonchev–Trinajstić information content (AvgIpc) is 2.68. The average molecular weight is 248 g/mol. The molecule has 0 amide bonds. The number of aryl methyl sites for hydroxylation is 1. The summed E-state index contributed by atoms with van der Waals surface area (Å²) >= 11 is 1.56. The molecule has 1 saturated heterocycles. The lowest BCUT2D eigenvalue weighted by Crippen LogP contribution is -2.38. The van der Waals surface area contributed by atoms with E-state index in [1.165, 1.54) is 0 Å². The van der Waals surface area contributed by atoms with Gasteiger partial charge in [0.05, 0.1) is 11.2 Å². The minimum atomic E-state index is -2.46. The summed E-state index contributed by atoms with van der Waals surface area (Å²) in [6, 6.07) is 0. The monoisotopic (exact) mass is 248 g/mol. The van der Waals surface area contributed by atoms with Crippen LogP contribution in [0.15, 0.2) is 6.20 Å². The summed E-state index contributed by atoms with van der Waals surface area (Å²) in [5.41, 5.74) is 0. The summed E-state index contributed by atoms with van der Waals surface area (Å²) in [6.45, 7) is 6.80. The van der Waals surface area contributed by atoms with Gasteiger partial charge in [0, 0.05) is 25.9 Å². The second-order valence-corrected chi connectivity index (χ2v) is 4.77. The second kappa shape index (κ2) is 5.57. The highest BCUT2D eigenvalue weighted by molar-refractivity contribution is 7.15. The summed E-state index contributed by atoms with van der Waals surface area (Å²) in [5, 5.41) is 2.00. The predicted octanol–water partition coefficient (Wildman–Crippen LogP) is 3.71. The Labute approximate surface area is 99.3 Å². The van der Waals surface area contributed by atoms with Crippen molar-refractivity contribution in [2.45, 2.75) is 39.5 Å². The van der Waals surface area contributed by atoms with Gasteiger partial charge in [-0.3, -0.25) is 0 Å². The van der Waals surface area contributed by atoms with E-state index in [0.717, 1.165) is 10.0 Å². The highest BCUT2D eigenvalue weighted by atomic mass is 32.1. The van der Waals surface area contributed by atoms with Crippen molar-refractivity contribution in [1.82, 2.24) is 4.98 Å². The minimum absolute atomic E-state index is 0.0378. The highest BCUT2D eigenvalue weighted by Crippen LogP contribution is 2.32. The zero-order chi connectivity index (χ0) is 12.2. The molecule has 0 aliphatic carbocycles. The van der Waals surface area contributed by atoms with Crippen LogP contribution in [0, 0.1) is 6.92 Å². The smallest absolute Gasteiger partial charge is 0.251 e. The first-order valence-electron chi connectivity index (χ1n) is 5.62. The van der Waals surface area contributed by atoms with Gasteiger partial charge in [0.1, 0.15) is 5.00 Å². The van der Waals surface area contributed by atoms with Crippen molar-refractivity contribution in [1.29, 1.82) is 0 Å². The van der Waals surface area contributed by atoms with Crippen molar-refractivity contribution in [3.8, 4) is 0 Å². The van der Waals surface area contributed by atoms with Crippen LogP contribution in [0.1, 0.15) is 31.7 Å². The van der Waals surface area contributed by atoms with Gasteiger partial charge < -0.3 is 4.90 Å². The zero-order valence-corrected chi connectivity index (χ0v) is 10.8. The SMILES string of the molecule is CC.Cc1ncc(N2CCC(F)(F)CC2)s1. The molecule has 2 heterocycles. The molecule has 0 spiro atoms. The van der Waals surface area contributed by atoms with Crippen LogP contribution in [0.5, 0.6) is 0 Å². The highest BCUT2D eigenvalue weighted by Gasteiger charge is 2.34. The molecule has 1 fully saturated rings. The number of piperidine rings is 1. The van der Waals surface area contributed by atoms with Crippen LogP contribution < -0.4 is 4.90 Å². The predicted molar refractivity (Wildman–Crippen MR) is 64.6 cm³/mol. The Bertz CT molecular complexity index is 316. The maximum atomic E-state index is 12.9. The Morgan fingerprint density at radius 2 is 1.88 bits per heavy atom. The molecule has 1 aliphatic rings. The van der Waals surface area contributed by atoms with E-state index in [4.69, 9.17) is 0 Å². The van der Waals surface area contributed by atoms with Gasteiger partial charge >= 0.3 is 0 Å². The molecule has 0 bridgehead atoms. The van der Waals surface area contributed by atoms with E-state index < -0.39 is 5.92 Å². The van der Waals surface area contributed by atoms with Crippen LogP contribution in [0.3, 0.4) is 0 Å². The third-order valence-electron chi connectivity index (χ3n) is 2.42. The standard InChI is InChI=1S/C9H12F2N2S.C2H6/c1-7-12-6-8(14-7)13-4-2-9(10,11)3-5-13;1-2/h6H,2-5H2,1H3;1-2H3. The van der Waals surface area contributed by atoms with Crippen LogP contribution in [0.4, 0.5) is 13.8 Å². The van der Waals surface area contributed by atoms with Gasteiger partial charge in [0.25, 0.3) is 5.92 Å². The molecule has 0 radical (unpaired) electrons. The Morgan fingerprint density at radius 1 is 1.31 bits per heavy atom. The molecule has 0 N–H and O–H groups in total. The summed E-state index contributed by atoms with van der Waals surface area (Å²) in [7, 11) is 0. The summed E-state index contributed by atoms with van der Waals surface area (Å²) in [5.74, 6) is -2.46. The van der Waals surface area contributed by atoms with Crippen molar-refractivity contribution >= 4 is 16.3 Å². The number of nitrogens with zero attached hydrogens (tertiary/aromatic N) is 2. The van der Waals surface area contributed by atoms with E-state index in [0.29, 0.717) is 13.1 Å². The second-order valence-electron chi connectivity index (χ2n) is 3.56.